The maximum atomic E-state index is 12.0. The van der Waals surface area contributed by atoms with Gasteiger partial charge in [-0.1, -0.05) is 19.0 Å². The predicted octanol–water partition coefficient (Wildman–Crippen LogP) is 1.50. The van der Waals surface area contributed by atoms with Crippen LogP contribution in [0.3, 0.4) is 0 Å². The van der Waals surface area contributed by atoms with Gasteiger partial charge in [0.15, 0.2) is 0 Å². The van der Waals surface area contributed by atoms with Crippen molar-refractivity contribution in [3.8, 4) is 0 Å². The molecule has 1 unspecified atom stereocenters. The zero-order valence-corrected chi connectivity index (χ0v) is 12.6. The second kappa shape index (κ2) is 5.95. The van der Waals surface area contributed by atoms with Gasteiger partial charge in [-0.05, 0) is 19.3 Å². The highest BCUT2D eigenvalue weighted by Crippen LogP contribution is 2.19. The molecule has 2 rings (SSSR count). The molecule has 0 aromatic carbocycles. The topological polar surface area (TPSA) is 89.3 Å². The number of aromatic nitrogens is 1. The molecule has 0 bridgehead atoms. The zero-order valence-electron chi connectivity index (χ0n) is 11.8. The van der Waals surface area contributed by atoms with Gasteiger partial charge in [0.05, 0.1) is 17.2 Å². The molecule has 20 heavy (non-hydrogen) atoms. The fourth-order valence-electron chi connectivity index (χ4n) is 2.13. The monoisotopic (exact) mass is 300 g/mol. The third-order valence-electron chi connectivity index (χ3n) is 3.76. The van der Waals surface area contributed by atoms with Crippen molar-refractivity contribution in [2.75, 3.05) is 11.5 Å². The molecule has 112 valence electrons. The van der Waals surface area contributed by atoms with E-state index in [2.05, 4.69) is 10.5 Å². The minimum atomic E-state index is -2.91. The van der Waals surface area contributed by atoms with E-state index in [1.807, 2.05) is 13.8 Å². The van der Waals surface area contributed by atoms with Crippen molar-refractivity contribution in [3.05, 3.63) is 17.5 Å². The van der Waals surface area contributed by atoms with Gasteiger partial charge in [-0.15, -0.1) is 0 Å². The van der Waals surface area contributed by atoms with Gasteiger partial charge >= 0.3 is 0 Å². The SMILES string of the molecule is CCC(C)c1cc(C(=O)NC2CCS(=O)(=O)CC2)on1. The van der Waals surface area contributed by atoms with Crippen LogP contribution in [0, 0.1) is 0 Å². The fourth-order valence-corrected chi connectivity index (χ4v) is 3.62. The van der Waals surface area contributed by atoms with Crippen LogP contribution in [0.5, 0.6) is 0 Å². The largest absolute Gasteiger partial charge is 0.351 e. The lowest BCUT2D eigenvalue weighted by Crippen LogP contribution is -2.40. The molecule has 1 aromatic rings. The molecule has 1 aliphatic heterocycles. The molecule has 1 fully saturated rings. The van der Waals surface area contributed by atoms with Crippen molar-refractivity contribution in [3.63, 3.8) is 0 Å². The van der Waals surface area contributed by atoms with Crippen LogP contribution in [-0.2, 0) is 9.84 Å². The Morgan fingerprint density at radius 3 is 2.75 bits per heavy atom. The lowest BCUT2D eigenvalue weighted by atomic mass is 10.1. The average Bonchev–Trinajstić information content (AvgIpc) is 2.90. The highest BCUT2D eigenvalue weighted by atomic mass is 32.2. The summed E-state index contributed by atoms with van der Waals surface area (Å²) in [5.74, 6) is 0.379. The van der Waals surface area contributed by atoms with E-state index in [-0.39, 0.29) is 35.1 Å². The third-order valence-corrected chi connectivity index (χ3v) is 5.47. The average molecular weight is 300 g/mol. The van der Waals surface area contributed by atoms with E-state index in [0.717, 1.165) is 12.1 Å². The number of sulfone groups is 1. The first kappa shape index (κ1) is 15.0. The summed E-state index contributed by atoms with van der Waals surface area (Å²) in [5, 5.41) is 6.70. The first-order valence-corrected chi connectivity index (χ1v) is 8.71. The van der Waals surface area contributed by atoms with Crippen LogP contribution in [0.25, 0.3) is 0 Å². The maximum Gasteiger partial charge on any atom is 0.290 e. The van der Waals surface area contributed by atoms with Gasteiger partial charge in [0, 0.05) is 18.0 Å². The number of carbonyl (C=O) groups excluding carboxylic acids is 1. The van der Waals surface area contributed by atoms with E-state index >= 15 is 0 Å². The quantitative estimate of drug-likeness (QED) is 0.910. The molecular formula is C13H20N2O4S. The molecule has 2 heterocycles. The van der Waals surface area contributed by atoms with Crippen molar-refractivity contribution in [2.45, 2.75) is 45.1 Å². The molecule has 6 nitrogen and oxygen atoms in total. The summed E-state index contributed by atoms with van der Waals surface area (Å²) >= 11 is 0. The highest BCUT2D eigenvalue weighted by Gasteiger charge is 2.26. The molecule has 1 N–H and O–H groups in total. The van der Waals surface area contributed by atoms with Gasteiger partial charge in [-0.2, -0.15) is 0 Å². The van der Waals surface area contributed by atoms with Crippen LogP contribution in [-0.4, -0.2) is 37.0 Å². The minimum absolute atomic E-state index is 0.108. The Bertz CT molecular complexity index is 565. The van der Waals surface area contributed by atoms with Crippen LogP contribution >= 0.6 is 0 Å². The molecule has 7 heteroatoms. The Kier molecular flexibility index (Phi) is 4.47. The Labute approximate surface area is 118 Å². The van der Waals surface area contributed by atoms with Crippen LogP contribution < -0.4 is 5.32 Å². The first-order valence-electron chi connectivity index (χ1n) is 6.89. The molecule has 1 aromatic heterocycles. The summed E-state index contributed by atoms with van der Waals surface area (Å²) in [4.78, 5) is 12.0. The highest BCUT2D eigenvalue weighted by molar-refractivity contribution is 7.91. The number of hydrogen-bond donors (Lipinski definition) is 1. The summed E-state index contributed by atoms with van der Waals surface area (Å²) in [5.41, 5.74) is 0.767. The summed E-state index contributed by atoms with van der Waals surface area (Å²) in [6.07, 6.45) is 1.84. The maximum absolute atomic E-state index is 12.0. The summed E-state index contributed by atoms with van der Waals surface area (Å²) in [7, 11) is -2.91. The van der Waals surface area contributed by atoms with E-state index in [9.17, 15) is 13.2 Å². The Hall–Kier alpha value is -1.37. The fraction of sp³-hybridized carbons (Fsp3) is 0.692. The third kappa shape index (κ3) is 3.59. The van der Waals surface area contributed by atoms with E-state index in [1.165, 1.54) is 0 Å². The lowest BCUT2D eigenvalue weighted by molar-refractivity contribution is 0.0896. The summed E-state index contributed by atoms with van der Waals surface area (Å²) in [6, 6.07) is 1.55. The molecule has 0 spiro atoms. The lowest BCUT2D eigenvalue weighted by Gasteiger charge is -2.22. The molecule has 1 aliphatic rings. The standard InChI is InChI=1S/C13H20N2O4S/c1-3-9(2)11-8-12(19-15-11)13(16)14-10-4-6-20(17,18)7-5-10/h8-10H,3-7H2,1-2H3,(H,14,16). The van der Waals surface area contributed by atoms with Crippen molar-refractivity contribution in [1.82, 2.24) is 10.5 Å². The van der Waals surface area contributed by atoms with Crippen molar-refractivity contribution < 1.29 is 17.7 Å². The number of rotatable bonds is 4. The first-order chi connectivity index (χ1) is 9.41. The predicted molar refractivity (Wildman–Crippen MR) is 74.4 cm³/mol. The molecule has 1 amide bonds. The van der Waals surface area contributed by atoms with Crippen LogP contribution in [0.4, 0.5) is 0 Å². The van der Waals surface area contributed by atoms with Gasteiger partial charge in [0.2, 0.25) is 5.76 Å². The van der Waals surface area contributed by atoms with Crippen molar-refractivity contribution in [2.24, 2.45) is 0 Å². The van der Waals surface area contributed by atoms with Gasteiger partial charge in [-0.25, -0.2) is 8.42 Å². The summed E-state index contributed by atoms with van der Waals surface area (Å²) < 4.78 is 27.7. The van der Waals surface area contributed by atoms with Gasteiger partial charge in [-0.3, -0.25) is 4.79 Å². The Morgan fingerprint density at radius 2 is 2.15 bits per heavy atom. The molecule has 1 saturated heterocycles. The Balaban J connectivity index is 1.94. The number of nitrogens with one attached hydrogen (secondary N) is 1. The van der Waals surface area contributed by atoms with E-state index in [0.29, 0.717) is 12.8 Å². The van der Waals surface area contributed by atoms with Gasteiger partial charge in [0.1, 0.15) is 9.84 Å². The Morgan fingerprint density at radius 1 is 1.50 bits per heavy atom. The number of carbonyl (C=O) groups is 1. The van der Waals surface area contributed by atoms with Crippen molar-refractivity contribution in [1.29, 1.82) is 0 Å². The van der Waals surface area contributed by atoms with Crippen LogP contribution in [0.2, 0.25) is 0 Å². The molecule has 0 radical (unpaired) electrons. The van der Waals surface area contributed by atoms with Gasteiger partial charge in [0.25, 0.3) is 5.91 Å². The smallest absolute Gasteiger partial charge is 0.290 e. The normalized spacial score (nSPS) is 20.5. The molecule has 0 saturated carbocycles. The van der Waals surface area contributed by atoms with Crippen LogP contribution in [0.1, 0.15) is 55.3 Å². The van der Waals surface area contributed by atoms with Gasteiger partial charge < -0.3 is 9.84 Å². The molecular weight excluding hydrogens is 280 g/mol. The zero-order chi connectivity index (χ0) is 14.8. The molecule has 1 atom stereocenters. The number of amides is 1. The molecule has 0 aliphatic carbocycles. The van der Waals surface area contributed by atoms with E-state index in [1.54, 1.807) is 6.07 Å². The number of hydrogen-bond acceptors (Lipinski definition) is 5. The number of nitrogens with zero attached hydrogens (tertiary/aromatic N) is 1. The minimum Gasteiger partial charge on any atom is -0.351 e. The second-order valence-electron chi connectivity index (χ2n) is 5.32. The van der Waals surface area contributed by atoms with E-state index in [4.69, 9.17) is 4.52 Å². The second-order valence-corrected chi connectivity index (χ2v) is 7.63. The van der Waals surface area contributed by atoms with Crippen molar-refractivity contribution >= 4 is 15.7 Å². The van der Waals surface area contributed by atoms with Crippen LogP contribution in [0.15, 0.2) is 10.6 Å². The van der Waals surface area contributed by atoms with E-state index < -0.39 is 9.84 Å². The summed E-state index contributed by atoms with van der Waals surface area (Å²) in [6.45, 7) is 4.06.